The Morgan fingerprint density at radius 3 is 2.38 bits per heavy atom. The fraction of sp³-hybridized carbons (Fsp3) is 0.625. The lowest BCUT2D eigenvalue weighted by molar-refractivity contribution is 0.0696. The lowest BCUT2D eigenvalue weighted by Gasteiger charge is -2.24. The van der Waals surface area contributed by atoms with Crippen molar-refractivity contribution in [2.75, 3.05) is 25.0 Å². The van der Waals surface area contributed by atoms with Gasteiger partial charge in [0.25, 0.3) is 0 Å². The maximum atomic E-state index is 11.2. The van der Waals surface area contributed by atoms with Crippen LogP contribution in [-0.4, -0.2) is 46.6 Å². The molecule has 5 heteroatoms. The molecule has 0 spiro atoms. The van der Waals surface area contributed by atoms with Crippen LogP contribution in [0.5, 0.6) is 0 Å². The fourth-order valence-electron chi connectivity index (χ4n) is 2.21. The van der Waals surface area contributed by atoms with Gasteiger partial charge in [-0.2, -0.15) is 0 Å². The molecule has 0 saturated carbocycles. The molecule has 0 bridgehead atoms. The number of hydrogen-bond acceptors (Lipinski definition) is 4. The van der Waals surface area contributed by atoms with Crippen LogP contribution in [0.25, 0.3) is 0 Å². The van der Waals surface area contributed by atoms with Crippen molar-refractivity contribution in [2.24, 2.45) is 0 Å². The maximum Gasteiger partial charge on any atom is 0.335 e. The molecule has 0 saturated heterocycles. The minimum atomic E-state index is -0.918. The van der Waals surface area contributed by atoms with E-state index in [-0.39, 0.29) is 17.5 Å². The van der Waals surface area contributed by atoms with Crippen molar-refractivity contribution in [1.29, 1.82) is 0 Å². The predicted octanol–water partition coefficient (Wildman–Crippen LogP) is 3.05. The number of likely N-dealkylation sites (N-methyl/N-ethyl adjacent to an activating group) is 1. The van der Waals surface area contributed by atoms with Gasteiger partial charge in [-0.05, 0) is 38.1 Å². The highest BCUT2D eigenvalue weighted by molar-refractivity contribution is 5.88. The Hall–Kier alpha value is -1.62. The van der Waals surface area contributed by atoms with E-state index in [9.17, 15) is 9.90 Å². The van der Waals surface area contributed by atoms with Crippen LogP contribution in [0, 0.1) is 0 Å². The van der Waals surface area contributed by atoms with E-state index >= 15 is 0 Å². The van der Waals surface area contributed by atoms with Crippen LogP contribution in [0.15, 0.2) is 12.1 Å². The third-order valence-electron chi connectivity index (χ3n) is 3.50. The Morgan fingerprint density at radius 2 is 1.90 bits per heavy atom. The minimum absolute atomic E-state index is 0.197. The SMILES string of the molecule is CCN(CC)CC(C)Nc1cc(C(=O)O)cc(C(C)C)n1. The van der Waals surface area contributed by atoms with Gasteiger partial charge >= 0.3 is 5.97 Å². The molecule has 1 aromatic heterocycles. The Morgan fingerprint density at radius 1 is 1.29 bits per heavy atom. The highest BCUT2D eigenvalue weighted by atomic mass is 16.4. The summed E-state index contributed by atoms with van der Waals surface area (Å²) < 4.78 is 0. The third-order valence-corrected chi connectivity index (χ3v) is 3.50. The van der Waals surface area contributed by atoms with Gasteiger partial charge in [-0.1, -0.05) is 27.7 Å². The lowest BCUT2D eigenvalue weighted by atomic mass is 10.1. The number of carboxylic acids is 1. The minimum Gasteiger partial charge on any atom is -0.478 e. The first kappa shape index (κ1) is 17.4. The zero-order valence-electron chi connectivity index (χ0n) is 13.7. The second-order valence-corrected chi connectivity index (χ2v) is 5.66. The van der Waals surface area contributed by atoms with Crippen LogP contribution in [0.4, 0.5) is 5.82 Å². The number of carboxylic acid groups (broad SMARTS) is 1. The highest BCUT2D eigenvalue weighted by Crippen LogP contribution is 2.18. The van der Waals surface area contributed by atoms with Crippen molar-refractivity contribution in [2.45, 2.75) is 46.6 Å². The molecule has 1 heterocycles. The van der Waals surface area contributed by atoms with Crippen LogP contribution in [0.2, 0.25) is 0 Å². The molecular formula is C16H27N3O2. The molecule has 0 radical (unpaired) electrons. The van der Waals surface area contributed by atoms with E-state index in [0.29, 0.717) is 5.82 Å². The van der Waals surface area contributed by atoms with Gasteiger partial charge in [0.2, 0.25) is 0 Å². The van der Waals surface area contributed by atoms with Crippen molar-refractivity contribution in [3.8, 4) is 0 Å². The van der Waals surface area contributed by atoms with Gasteiger partial charge < -0.3 is 15.3 Å². The van der Waals surface area contributed by atoms with Crippen LogP contribution in [-0.2, 0) is 0 Å². The Balaban J connectivity index is 2.89. The van der Waals surface area contributed by atoms with Gasteiger partial charge in [-0.3, -0.25) is 0 Å². The van der Waals surface area contributed by atoms with E-state index in [1.54, 1.807) is 12.1 Å². The molecule has 0 aromatic carbocycles. The van der Waals surface area contributed by atoms with E-state index in [0.717, 1.165) is 25.3 Å². The maximum absolute atomic E-state index is 11.2. The number of nitrogens with one attached hydrogen (secondary N) is 1. The molecule has 1 atom stereocenters. The standard InChI is InChI=1S/C16H27N3O2/c1-6-19(7-2)10-12(5)17-15-9-13(16(20)21)8-14(18-15)11(3)4/h8-9,11-12H,6-7,10H2,1-5H3,(H,17,18)(H,20,21). The summed E-state index contributed by atoms with van der Waals surface area (Å²) >= 11 is 0. The Kier molecular flexibility index (Phi) is 6.62. The largest absolute Gasteiger partial charge is 0.478 e. The average molecular weight is 293 g/mol. The van der Waals surface area contributed by atoms with Crippen molar-refractivity contribution >= 4 is 11.8 Å². The molecule has 0 amide bonds. The molecule has 118 valence electrons. The summed E-state index contributed by atoms with van der Waals surface area (Å²) in [4.78, 5) is 18.1. The Bertz CT molecular complexity index is 471. The average Bonchev–Trinajstić information content (AvgIpc) is 2.44. The lowest BCUT2D eigenvalue weighted by Crippen LogP contribution is -2.35. The van der Waals surface area contributed by atoms with Crippen molar-refractivity contribution in [3.05, 3.63) is 23.4 Å². The Labute approximate surface area is 127 Å². The number of aromatic nitrogens is 1. The summed E-state index contributed by atoms with van der Waals surface area (Å²) in [5.41, 5.74) is 1.08. The summed E-state index contributed by atoms with van der Waals surface area (Å²) in [7, 11) is 0. The number of nitrogens with zero attached hydrogens (tertiary/aromatic N) is 2. The number of anilines is 1. The first-order chi connectivity index (χ1) is 9.87. The molecular weight excluding hydrogens is 266 g/mol. The van der Waals surface area contributed by atoms with Crippen LogP contribution in [0.1, 0.15) is 56.6 Å². The molecule has 1 aromatic rings. The van der Waals surface area contributed by atoms with Gasteiger partial charge in [0.15, 0.2) is 0 Å². The van der Waals surface area contributed by atoms with Gasteiger partial charge in [0, 0.05) is 18.3 Å². The van der Waals surface area contributed by atoms with Gasteiger partial charge in [0.05, 0.1) is 5.56 Å². The first-order valence-electron chi connectivity index (χ1n) is 7.61. The van der Waals surface area contributed by atoms with Crippen molar-refractivity contribution in [3.63, 3.8) is 0 Å². The summed E-state index contributed by atoms with van der Waals surface area (Å²) in [5.74, 6) is -0.0834. The second-order valence-electron chi connectivity index (χ2n) is 5.66. The highest BCUT2D eigenvalue weighted by Gasteiger charge is 2.13. The van der Waals surface area contributed by atoms with E-state index < -0.39 is 5.97 Å². The van der Waals surface area contributed by atoms with Gasteiger partial charge in [0.1, 0.15) is 5.82 Å². The number of pyridine rings is 1. The first-order valence-corrected chi connectivity index (χ1v) is 7.61. The molecule has 0 fully saturated rings. The van der Waals surface area contributed by atoms with E-state index in [4.69, 9.17) is 0 Å². The molecule has 5 nitrogen and oxygen atoms in total. The fourth-order valence-corrected chi connectivity index (χ4v) is 2.21. The quantitative estimate of drug-likeness (QED) is 0.771. The van der Waals surface area contributed by atoms with Crippen LogP contribution < -0.4 is 5.32 Å². The smallest absolute Gasteiger partial charge is 0.335 e. The van der Waals surface area contributed by atoms with Crippen LogP contribution in [0.3, 0.4) is 0 Å². The molecule has 0 aliphatic rings. The van der Waals surface area contributed by atoms with Gasteiger partial charge in [-0.25, -0.2) is 9.78 Å². The number of hydrogen-bond donors (Lipinski definition) is 2. The summed E-state index contributed by atoms with van der Waals surface area (Å²) in [5, 5.41) is 12.5. The van der Waals surface area contributed by atoms with E-state index in [1.165, 1.54) is 0 Å². The second kappa shape index (κ2) is 7.98. The van der Waals surface area contributed by atoms with E-state index in [2.05, 4.69) is 36.0 Å². The zero-order chi connectivity index (χ0) is 16.0. The monoisotopic (exact) mass is 293 g/mol. The molecule has 1 unspecified atom stereocenters. The molecule has 0 aliphatic heterocycles. The molecule has 2 N–H and O–H groups in total. The topological polar surface area (TPSA) is 65.5 Å². The third kappa shape index (κ3) is 5.34. The number of carbonyl (C=O) groups is 1. The molecule has 1 rings (SSSR count). The van der Waals surface area contributed by atoms with Crippen LogP contribution >= 0.6 is 0 Å². The molecule has 0 aliphatic carbocycles. The normalized spacial score (nSPS) is 12.7. The van der Waals surface area contributed by atoms with Gasteiger partial charge in [-0.15, -0.1) is 0 Å². The zero-order valence-corrected chi connectivity index (χ0v) is 13.7. The summed E-state index contributed by atoms with van der Waals surface area (Å²) in [6.45, 7) is 13.3. The number of rotatable bonds is 8. The summed E-state index contributed by atoms with van der Waals surface area (Å²) in [6, 6.07) is 3.46. The van der Waals surface area contributed by atoms with Crippen molar-refractivity contribution in [1.82, 2.24) is 9.88 Å². The number of aromatic carboxylic acids is 1. The van der Waals surface area contributed by atoms with E-state index in [1.807, 2.05) is 13.8 Å². The molecule has 21 heavy (non-hydrogen) atoms. The van der Waals surface area contributed by atoms with Crippen molar-refractivity contribution < 1.29 is 9.90 Å². The summed E-state index contributed by atoms with van der Waals surface area (Å²) in [6.07, 6.45) is 0. The predicted molar refractivity (Wildman–Crippen MR) is 86.2 cm³/mol.